The Balaban J connectivity index is 1.93. The Morgan fingerprint density at radius 1 is 1.23 bits per heavy atom. The van der Waals surface area contributed by atoms with Crippen LogP contribution in [0.15, 0.2) is 30.0 Å². The summed E-state index contributed by atoms with van der Waals surface area (Å²) in [5.74, 6) is -2.60. The highest BCUT2D eigenvalue weighted by atomic mass is 32.2. The highest BCUT2D eigenvalue weighted by Gasteiger charge is 2.49. The van der Waals surface area contributed by atoms with Gasteiger partial charge in [0.25, 0.3) is 0 Å². The summed E-state index contributed by atoms with van der Waals surface area (Å²) < 4.78 is 104. The number of carboxylic acid groups (broad SMARTS) is 1. The van der Waals surface area contributed by atoms with E-state index in [2.05, 4.69) is 8.91 Å². The Labute approximate surface area is 169 Å². The number of rotatable bonds is 8. The zero-order valence-corrected chi connectivity index (χ0v) is 16.8. The van der Waals surface area contributed by atoms with Crippen molar-refractivity contribution in [3.63, 3.8) is 0 Å². The molecule has 0 bridgehead atoms. The second-order valence-corrected chi connectivity index (χ2v) is 9.93. The number of carboxylic acids is 1. The molecule has 0 aromatic heterocycles. The van der Waals surface area contributed by atoms with Gasteiger partial charge in [-0.2, -0.15) is 21.6 Å². The van der Waals surface area contributed by atoms with Gasteiger partial charge in [0.05, 0.1) is 10.8 Å². The molecule has 2 N–H and O–H groups in total. The summed E-state index contributed by atoms with van der Waals surface area (Å²) >= 11 is 0. The molecule has 1 aliphatic rings. The summed E-state index contributed by atoms with van der Waals surface area (Å²) in [6.45, 7) is -0.197. The summed E-state index contributed by atoms with van der Waals surface area (Å²) in [6, 6.07) is 3.22. The van der Waals surface area contributed by atoms with E-state index < -0.39 is 48.4 Å². The van der Waals surface area contributed by atoms with Crippen LogP contribution in [0.2, 0.25) is 0 Å². The van der Waals surface area contributed by atoms with Crippen LogP contribution >= 0.6 is 0 Å². The summed E-state index contributed by atoms with van der Waals surface area (Å²) in [7, 11) is -9.74. The maximum Gasteiger partial charge on any atom is 0.534 e. The maximum absolute atomic E-state index is 13.9. The molecule has 0 radical (unpaired) electrons. The van der Waals surface area contributed by atoms with Crippen LogP contribution in [0.5, 0.6) is 0 Å². The maximum atomic E-state index is 13.9. The predicted molar refractivity (Wildman–Crippen MR) is 95.8 cm³/mol. The Morgan fingerprint density at radius 3 is 2.40 bits per heavy atom. The predicted octanol–water partition coefficient (Wildman–Crippen LogP) is 2.29. The molecule has 0 saturated carbocycles. The molecule has 8 nitrogen and oxygen atoms in total. The zero-order chi connectivity index (χ0) is 22.7. The lowest BCUT2D eigenvalue weighted by Gasteiger charge is -2.22. The Morgan fingerprint density at radius 2 is 1.90 bits per heavy atom. The Hall–Kier alpha value is -2.19. The highest BCUT2D eigenvalue weighted by Crippen LogP contribution is 2.31. The number of hydrogen-bond donors (Lipinski definition) is 2. The standard InChI is InChI=1S/C16H17F4NO7S2/c17-14-9-11(15(22)23)2-1-10(14)7-8-21-29(24,25)13-5-3-12(4-6-13)28-30(26,27)16(18,19)20/h1-3,9,13,21H,4-8H2,(H,22,23). The lowest BCUT2D eigenvalue weighted by molar-refractivity contribution is -0.0524. The van der Waals surface area contributed by atoms with Gasteiger partial charge in [0.15, 0.2) is 0 Å². The van der Waals surface area contributed by atoms with Gasteiger partial charge in [-0.15, -0.1) is 0 Å². The molecule has 30 heavy (non-hydrogen) atoms. The first kappa shape index (κ1) is 24.1. The fourth-order valence-electron chi connectivity index (χ4n) is 2.66. The molecule has 1 aromatic carbocycles. The van der Waals surface area contributed by atoms with Crippen LogP contribution in [0.1, 0.15) is 35.2 Å². The summed E-state index contributed by atoms with van der Waals surface area (Å²) in [4.78, 5) is 10.8. The van der Waals surface area contributed by atoms with E-state index in [-0.39, 0.29) is 43.4 Å². The van der Waals surface area contributed by atoms with Gasteiger partial charge in [-0.3, -0.25) is 0 Å². The number of alkyl halides is 3. The average Bonchev–Trinajstić information content (AvgIpc) is 2.62. The molecule has 0 aliphatic heterocycles. The number of carbonyl (C=O) groups is 1. The molecule has 0 amide bonds. The van der Waals surface area contributed by atoms with Gasteiger partial charge in [-0.1, -0.05) is 6.07 Å². The molecule has 0 spiro atoms. The number of aromatic carboxylic acids is 1. The summed E-state index contributed by atoms with van der Waals surface area (Å²) in [5, 5.41) is 7.76. The van der Waals surface area contributed by atoms with E-state index in [1.807, 2.05) is 0 Å². The normalized spacial score (nSPS) is 18.0. The molecule has 1 aliphatic carbocycles. The molecule has 0 heterocycles. The van der Waals surface area contributed by atoms with E-state index in [1.165, 1.54) is 12.1 Å². The molecular weight excluding hydrogens is 458 g/mol. The Bertz CT molecular complexity index is 1050. The van der Waals surface area contributed by atoms with E-state index in [0.29, 0.717) is 0 Å². The van der Waals surface area contributed by atoms with Gasteiger partial charge in [0.1, 0.15) is 11.6 Å². The van der Waals surface area contributed by atoms with Crippen molar-refractivity contribution in [2.75, 3.05) is 6.54 Å². The molecule has 14 heteroatoms. The van der Waals surface area contributed by atoms with Gasteiger partial charge in [-0.05, 0) is 43.0 Å². The minimum absolute atomic E-state index is 0.0638. The minimum atomic E-state index is -5.81. The molecule has 0 fully saturated rings. The second-order valence-electron chi connectivity index (χ2n) is 6.35. The van der Waals surface area contributed by atoms with E-state index in [1.54, 1.807) is 0 Å². The first-order valence-corrected chi connectivity index (χ1v) is 11.4. The van der Waals surface area contributed by atoms with Crippen LogP contribution in [-0.2, 0) is 30.7 Å². The molecule has 168 valence electrons. The average molecular weight is 475 g/mol. The van der Waals surface area contributed by atoms with Crippen molar-refractivity contribution in [1.82, 2.24) is 4.72 Å². The highest BCUT2D eigenvalue weighted by molar-refractivity contribution is 7.90. The fourth-order valence-corrected chi connectivity index (χ4v) is 4.59. The van der Waals surface area contributed by atoms with Gasteiger partial charge >= 0.3 is 21.6 Å². The van der Waals surface area contributed by atoms with E-state index in [9.17, 15) is 39.2 Å². The zero-order valence-electron chi connectivity index (χ0n) is 15.1. The van der Waals surface area contributed by atoms with Crippen LogP contribution in [0.25, 0.3) is 0 Å². The third-order valence-electron chi connectivity index (χ3n) is 4.26. The molecule has 2 rings (SSSR count). The number of hydrogen-bond acceptors (Lipinski definition) is 6. The van der Waals surface area contributed by atoms with Crippen LogP contribution in [0.3, 0.4) is 0 Å². The quantitative estimate of drug-likeness (QED) is 0.336. The second kappa shape index (κ2) is 8.89. The first-order chi connectivity index (χ1) is 13.7. The number of nitrogens with one attached hydrogen (secondary N) is 1. The fraction of sp³-hybridized carbons (Fsp3) is 0.438. The lowest BCUT2D eigenvalue weighted by Crippen LogP contribution is -2.36. The van der Waals surface area contributed by atoms with Crippen molar-refractivity contribution in [3.05, 3.63) is 47.0 Å². The van der Waals surface area contributed by atoms with Crippen LogP contribution in [0.4, 0.5) is 17.6 Å². The van der Waals surface area contributed by atoms with Gasteiger partial charge in [0.2, 0.25) is 10.0 Å². The lowest BCUT2D eigenvalue weighted by atomic mass is 10.1. The van der Waals surface area contributed by atoms with Crippen LogP contribution < -0.4 is 4.72 Å². The SMILES string of the molecule is O=C(O)c1ccc(CCNS(=O)(=O)C2CC=C(OS(=O)(=O)C(F)(F)F)CC2)c(F)c1. The number of allylic oxidation sites excluding steroid dienone is 2. The third-order valence-corrected chi connectivity index (χ3v) is 7.17. The van der Waals surface area contributed by atoms with Crippen molar-refractivity contribution >= 4 is 26.1 Å². The smallest absolute Gasteiger partial charge is 0.478 e. The largest absolute Gasteiger partial charge is 0.534 e. The molecule has 1 atom stereocenters. The monoisotopic (exact) mass is 475 g/mol. The minimum Gasteiger partial charge on any atom is -0.478 e. The number of benzene rings is 1. The van der Waals surface area contributed by atoms with Gasteiger partial charge in [0, 0.05) is 13.0 Å². The molecule has 1 unspecified atom stereocenters. The van der Waals surface area contributed by atoms with Crippen molar-refractivity contribution in [1.29, 1.82) is 0 Å². The van der Waals surface area contributed by atoms with Crippen LogP contribution in [0, 0.1) is 5.82 Å². The topological polar surface area (TPSA) is 127 Å². The third kappa shape index (κ3) is 5.92. The van der Waals surface area contributed by atoms with E-state index in [4.69, 9.17) is 5.11 Å². The van der Waals surface area contributed by atoms with Crippen molar-refractivity contribution < 1.29 is 48.5 Å². The summed E-state index contributed by atoms with van der Waals surface area (Å²) in [5.41, 5.74) is -5.74. The van der Waals surface area contributed by atoms with Gasteiger partial charge < -0.3 is 9.29 Å². The van der Waals surface area contributed by atoms with E-state index in [0.717, 1.165) is 12.1 Å². The van der Waals surface area contributed by atoms with Crippen molar-refractivity contribution in [3.8, 4) is 0 Å². The van der Waals surface area contributed by atoms with Crippen molar-refractivity contribution in [2.45, 2.75) is 36.4 Å². The number of halogens is 4. The van der Waals surface area contributed by atoms with E-state index >= 15 is 0 Å². The molecule has 1 aromatic rings. The van der Waals surface area contributed by atoms with Crippen LogP contribution in [-0.4, -0.2) is 45.2 Å². The first-order valence-electron chi connectivity index (χ1n) is 8.43. The summed E-state index contributed by atoms with van der Waals surface area (Å²) in [6.07, 6.45) is 0.148. The van der Waals surface area contributed by atoms with Crippen molar-refractivity contribution in [2.24, 2.45) is 0 Å². The van der Waals surface area contributed by atoms with Gasteiger partial charge in [-0.25, -0.2) is 22.3 Å². The molecular formula is C16H17F4NO7S2. The Kier molecular flexibility index (Phi) is 7.14. The number of sulfonamides is 1. The molecule has 0 saturated heterocycles.